The molecule has 0 spiro atoms. The summed E-state index contributed by atoms with van der Waals surface area (Å²) in [6.45, 7) is 5.63. The number of hydrogen-bond acceptors (Lipinski definition) is 4. The van der Waals surface area contributed by atoms with Gasteiger partial charge in [-0.15, -0.1) is 12.4 Å². The van der Waals surface area contributed by atoms with Crippen LogP contribution in [0.1, 0.15) is 32.1 Å². The number of benzene rings is 1. The third kappa shape index (κ3) is 4.32. The van der Waals surface area contributed by atoms with E-state index < -0.39 is 0 Å². The van der Waals surface area contributed by atoms with E-state index in [0.717, 1.165) is 36.2 Å². The van der Waals surface area contributed by atoms with E-state index in [0.29, 0.717) is 12.6 Å². The highest BCUT2D eigenvalue weighted by Crippen LogP contribution is 2.21. The summed E-state index contributed by atoms with van der Waals surface area (Å²) in [6, 6.07) is 8.35. The zero-order valence-corrected chi connectivity index (χ0v) is 15.8. The molecule has 2 heterocycles. The standard InChI is InChI=1S/C18H26N4O2.ClH/c1-12(2)22-16-7-5-4-6-14(16)21-17(22)8-9-19-18(23)15-10-13(24-3)11-20-15;/h4-7,12-13,15,20H,8-11H2,1-3H3,(H,19,23);1H/t13-,15+;/m0./s1. The fraction of sp³-hybridized carbons (Fsp3) is 0.556. The van der Waals surface area contributed by atoms with Gasteiger partial charge in [0.25, 0.3) is 0 Å². The quantitative estimate of drug-likeness (QED) is 0.821. The van der Waals surface area contributed by atoms with Crippen LogP contribution in [-0.4, -0.2) is 47.8 Å². The number of hydrogen-bond donors (Lipinski definition) is 2. The number of rotatable bonds is 6. The first kappa shape index (κ1) is 19.7. The molecule has 0 unspecified atom stereocenters. The van der Waals surface area contributed by atoms with Crippen molar-refractivity contribution in [1.82, 2.24) is 20.2 Å². The molecule has 2 N–H and O–H groups in total. The molecule has 7 heteroatoms. The van der Waals surface area contributed by atoms with Gasteiger partial charge >= 0.3 is 0 Å². The van der Waals surface area contributed by atoms with Crippen molar-refractivity contribution in [2.45, 2.75) is 44.9 Å². The number of nitrogens with zero attached hydrogens (tertiary/aromatic N) is 2. The van der Waals surface area contributed by atoms with Crippen LogP contribution in [0.25, 0.3) is 11.0 Å². The minimum Gasteiger partial charge on any atom is -0.380 e. The molecule has 1 aromatic heterocycles. The van der Waals surface area contributed by atoms with Crippen LogP contribution in [0.5, 0.6) is 0 Å². The molecular weight excluding hydrogens is 340 g/mol. The molecular formula is C18H27ClN4O2. The maximum atomic E-state index is 12.2. The molecule has 1 fully saturated rings. The van der Waals surface area contributed by atoms with Crippen molar-refractivity contribution in [3.05, 3.63) is 30.1 Å². The molecule has 0 saturated carbocycles. The van der Waals surface area contributed by atoms with E-state index in [9.17, 15) is 4.79 Å². The smallest absolute Gasteiger partial charge is 0.237 e. The first-order valence-corrected chi connectivity index (χ1v) is 8.60. The SMILES string of the molecule is CO[C@@H]1CN[C@@H](C(=O)NCCc2nc3ccccc3n2C(C)C)C1.Cl. The Morgan fingerprint density at radius 1 is 1.44 bits per heavy atom. The Morgan fingerprint density at radius 2 is 2.20 bits per heavy atom. The van der Waals surface area contributed by atoms with Crippen LogP contribution in [0.4, 0.5) is 0 Å². The Labute approximate surface area is 154 Å². The first-order valence-electron chi connectivity index (χ1n) is 8.60. The predicted molar refractivity (Wildman–Crippen MR) is 101 cm³/mol. The van der Waals surface area contributed by atoms with Gasteiger partial charge in [-0.05, 0) is 32.4 Å². The Balaban J connectivity index is 0.00000225. The van der Waals surface area contributed by atoms with Gasteiger partial charge in [0.2, 0.25) is 5.91 Å². The van der Waals surface area contributed by atoms with Crippen molar-refractivity contribution in [3.63, 3.8) is 0 Å². The van der Waals surface area contributed by atoms with E-state index in [4.69, 9.17) is 9.72 Å². The van der Waals surface area contributed by atoms with E-state index in [1.54, 1.807) is 7.11 Å². The summed E-state index contributed by atoms with van der Waals surface area (Å²) in [7, 11) is 1.68. The Morgan fingerprint density at radius 3 is 2.88 bits per heavy atom. The van der Waals surface area contributed by atoms with Crippen molar-refractivity contribution in [2.24, 2.45) is 0 Å². The van der Waals surface area contributed by atoms with Crippen LogP contribution in [0.2, 0.25) is 0 Å². The molecule has 0 aliphatic carbocycles. The van der Waals surface area contributed by atoms with Gasteiger partial charge in [-0.3, -0.25) is 4.79 Å². The molecule has 1 aromatic carbocycles. The molecule has 0 bridgehead atoms. The largest absolute Gasteiger partial charge is 0.380 e. The highest BCUT2D eigenvalue weighted by molar-refractivity contribution is 5.85. The van der Waals surface area contributed by atoms with Gasteiger partial charge < -0.3 is 19.9 Å². The average Bonchev–Trinajstić information content (AvgIpc) is 3.18. The summed E-state index contributed by atoms with van der Waals surface area (Å²) >= 11 is 0. The fourth-order valence-corrected chi connectivity index (χ4v) is 3.35. The third-order valence-corrected chi connectivity index (χ3v) is 4.57. The topological polar surface area (TPSA) is 68.2 Å². The number of methoxy groups -OCH3 is 1. The highest BCUT2D eigenvalue weighted by atomic mass is 35.5. The van der Waals surface area contributed by atoms with Gasteiger partial charge in [-0.2, -0.15) is 0 Å². The number of halogens is 1. The van der Waals surface area contributed by atoms with E-state index in [2.05, 4.69) is 35.1 Å². The molecule has 2 atom stereocenters. The Kier molecular flexibility index (Phi) is 6.81. The molecule has 6 nitrogen and oxygen atoms in total. The minimum atomic E-state index is -0.154. The van der Waals surface area contributed by atoms with Crippen LogP contribution in [-0.2, 0) is 16.0 Å². The third-order valence-electron chi connectivity index (χ3n) is 4.57. The second kappa shape index (κ2) is 8.65. The number of ether oxygens (including phenoxy) is 1. The average molecular weight is 367 g/mol. The van der Waals surface area contributed by atoms with Crippen LogP contribution in [0.15, 0.2) is 24.3 Å². The summed E-state index contributed by atoms with van der Waals surface area (Å²) in [5.74, 6) is 1.06. The van der Waals surface area contributed by atoms with E-state index in [1.165, 1.54) is 0 Å². The molecule has 0 radical (unpaired) electrons. The lowest BCUT2D eigenvalue weighted by atomic mass is 10.2. The number of para-hydroxylation sites is 2. The van der Waals surface area contributed by atoms with Gasteiger partial charge in [0.15, 0.2) is 0 Å². The molecule has 1 aliphatic rings. The van der Waals surface area contributed by atoms with Crippen LogP contribution in [0, 0.1) is 0 Å². The number of carbonyl (C=O) groups excluding carboxylic acids is 1. The normalized spacial score (nSPS) is 20.0. The number of amides is 1. The maximum absolute atomic E-state index is 12.2. The molecule has 1 aliphatic heterocycles. The number of fused-ring (bicyclic) bond motifs is 1. The summed E-state index contributed by atoms with van der Waals surface area (Å²) in [5, 5.41) is 6.22. The number of nitrogens with one attached hydrogen (secondary N) is 2. The second-order valence-electron chi connectivity index (χ2n) is 6.58. The lowest BCUT2D eigenvalue weighted by Crippen LogP contribution is -2.41. The van der Waals surface area contributed by atoms with Crippen molar-refractivity contribution >= 4 is 29.3 Å². The lowest BCUT2D eigenvalue weighted by molar-refractivity contribution is -0.122. The summed E-state index contributed by atoms with van der Waals surface area (Å²) in [4.78, 5) is 17.0. The second-order valence-corrected chi connectivity index (χ2v) is 6.58. The van der Waals surface area contributed by atoms with Crippen molar-refractivity contribution in [2.75, 3.05) is 20.2 Å². The monoisotopic (exact) mass is 366 g/mol. The molecule has 2 aromatic rings. The number of aromatic nitrogens is 2. The van der Waals surface area contributed by atoms with E-state index >= 15 is 0 Å². The predicted octanol–water partition coefficient (Wildman–Crippen LogP) is 2.07. The van der Waals surface area contributed by atoms with Crippen molar-refractivity contribution in [1.29, 1.82) is 0 Å². The van der Waals surface area contributed by atoms with Gasteiger partial charge in [0.1, 0.15) is 5.82 Å². The van der Waals surface area contributed by atoms with Gasteiger partial charge in [0.05, 0.1) is 23.2 Å². The summed E-state index contributed by atoms with van der Waals surface area (Å²) in [5.41, 5.74) is 2.15. The Hall–Kier alpha value is -1.63. The minimum absolute atomic E-state index is 0. The molecule has 3 rings (SSSR count). The van der Waals surface area contributed by atoms with Crippen LogP contribution >= 0.6 is 12.4 Å². The molecule has 138 valence electrons. The zero-order chi connectivity index (χ0) is 17.1. The van der Waals surface area contributed by atoms with Crippen molar-refractivity contribution in [3.8, 4) is 0 Å². The summed E-state index contributed by atoms with van der Waals surface area (Å²) < 4.78 is 7.53. The van der Waals surface area contributed by atoms with Crippen LogP contribution < -0.4 is 10.6 Å². The first-order chi connectivity index (χ1) is 11.6. The number of imidazole rings is 1. The van der Waals surface area contributed by atoms with Gasteiger partial charge in [-0.1, -0.05) is 12.1 Å². The molecule has 1 amide bonds. The zero-order valence-electron chi connectivity index (χ0n) is 15.0. The fourth-order valence-electron chi connectivity index (χ4n) is 3.35. The van der Waals surface area contributed by atoms with Crippen LogP contribution in [0.3, 0.4) is 0 Å². The van der Waals surface area contributed by atoms with Gasteiger partial charge in [-0.25, -0.2) is 4.98 Å². The molecule has 25 heavy (non-hydrogen) atoms. The Bertz CT molecular complexity index is 716. The molecule has 1 saturated heterocycles. The van der Waals surface area contributed by atoms with Crippen molar-refractivity contribution < 1.29 is 9.53 Å². The maximum Gasteiger partial charge on any atom is 0.237 e. The van der Waals surface area contributed by atoms with E-state index in [1.807, 2.05) is 18.2 Å². The highest BCUT2D eigenvalue weighted by Gasteiger charge is 2.29. The summed E-state index contributed by atoms with van der Waals surface area (Å²) in [6.07, 6.45) is 1.58. The van der Waals surface area contributed by atoms with E-state index in [-0.39, 0.29) is 30.5 Å². The lowest BCUT2D eigenvalue weighted by Gasteiger charge is -2.14. The van der Waals surface area contributed by atoms with Gasteiger partial charge in [0, 0.05) is 32.7 Å². The number of carbonyl (C=O) groups is 1.